The van der Waals surface area contributed by atoms with Gasteiger partial charge in [-0.25, -0.2) is 9.37 Å². The highest BCUT2D eigenvalue weighted by Gasteiger charge is 2.22. The van der Waals surface area contributed by atoms with E-state index in [2.05, 4.69) is 20.5 Å². The van der Waals surface area contributed by atoms with Gasteiger partial charge in [0.15, 0.2) is 5.82 Å². The summed E-state index contributed by atoms with van der Waals surface area (Å²) in [6, 6.07) is 14.0. The molecule has 2 aromatic carbocycles. The molecule has 0 spiro atoms. The van der Waals surface area contributed by atoms with Crippen LogP contribution in [-0.2, 0) is 4.79 Å². The summed E-state index contributed by atoms with van der Waals surface area (Å²) < 4.78 is 19.4. The molecule has 0 saturated carbocycles. The van der Waals surface area contributed by atoms with Crippen LogP contribution in [0.3, 0.4) is 0 Å². The summed E-state index contributed by atoms with van der Waals surface area (Å²) in [5.74, 6) is 0.841. The lowest BCUT2D eigenvalue weighted by Crippen LogP contribution is -2.33. The van der Waals surface area contributed by atoms with Crippen molar-refractivity contribution in [1.82, 2.24) is 20.5 Å². The normalized spacial score (nSPS) is 15.7. The number of hydrogen-bond donors (Lipinski definition) is 2. The number of carbonyl (C=O) groups excluding carboxylic acids is 1. The number of para-hydroxylation sites is 1. The van der Waals surface area contributed by atoms with Gasteiger partial charge < -0.3 is 10.1 Å². The van der Waals surface area contributed by atoms with Crippen molar-refractivity contribution < 1.29 is 13.9 Å². The molecule has 8 heteroatoms. The highest BCUT2D eigenvalue weighted by molar-refractivity contribution is 7.99. The van der Waals surface area contributed by atoms with E-state index < -0.39 is 0 Å². The van der Waals surface area contributed by atoms with Gasteiger partial charge in [-0.15, -0.1) is 5.10 Å². The van der Waals surface area contributed by atoms with Crippen molar-refractivity contribution in [3.05, 3.63) is 59.9 Å². The number of ether oxygens (including phenoxy) is 1. The summed E-state index contributed by atoms with van der Waals surface area (Å²) in [5, 5.41) is 10.2. The molecule has 27 heavy (non-hydrogen) atoms. The Hall–Kier alpha value is -2.87. The molecule has 2 N–H and O–H groups in total. The van der Waals surface area contributed by atoms with Crippen LogP contribution in [0.15, 0.2) is 53.7 Å². The summed E-state index contributed by atoms with van der Waals surface area (Å²) >= 11 is 1.20. The maximum absolute atomic E-state index is 13.8. The van der Waals surface area contributed by atoms with Crippen LogP contribution >= 0.6 is 11.8 Å². The fourth-order valence-corrected chi connectivity index (χ4v) is 3.55. The van der Waals surface area contributed by atoms with Crippen molar-refractivity contribution in [2.24, 2.45) is 0 Å². The average Bonchev–Trinajstić information content (AvgIpc) is 3.16. The minimum atomic E-state index is -0.374. The molecule has 3 aromatic rings. The molecule has 1 aliphatic heterocycles. The number of carbonyl (C=O) groups is 1. The summed E-state index contributed by atoms with van der Waals surface area (Å²) in [6.07, 6.45) is 0.728. The Morgan fingerprint density at radius 2 is 2.07 bits per heavy atom. The minimum absolute atomic E-state index is 0.0656. The van der Waals surface area contributed by atoms with E-state index in [1.54, 1.807) is 18.2 Å². The van der Waals surface area contributed by atoms with Gasteiger partial charge >= 0.3 is 0 Å². The van der Waals surface area contributed by atoms with Crippen LogP contribution in [0, 0.1) is 5.82 Å². The van der Waals surface area contributed by atoms with E-state index in [1.807, 2.05) is 24.3 Å². The van der Waals surface area contributed by atoms with Gasteiger partial charge in [0, 0.05) is 12.0 Å². The summed E-state index contributed by atoms with van der Waals surface area (Å²) in [7, 11) is 0. The largest absolute Gasteiger partial charge is 0.493 e. The monoisotopic (exact) mass is 384 g/mol. The number of nitrogens with zero attached hydrogens (tertiary/aromatic N) is 2. The summed E-state index contributed by atoms with van der Waals surface area (Å²) in [6.45, 7) is 0.571. The number of aromatic nitrogens is 3. The van der Waals surface area contributed by atoms with E-state index in [0.717, 1.165) is 17.7 Å². The molecule has 0 fully saturated rings. The molecular formula is C19H17FN4O2S. The van der Waals surface area contributed by atoms with Crippen LogP contribution in [-0.4, -0.2) is 33.4 Å². The van der Waals surface area contributed by atoms with Crippen LogP contribution in [0.4, 0.5) is 4.39 Å². The molecule has 1 unspecified atom stereocenters. The number of fused-ring (bicyclic) bond motifs is 1. The molecule has 0 saturated heterocycles. The second-order valence-electron chi connectivity index (χ2n) is 6.03. The topological polar surface area (TPSA) is 79.9 Å². The Labute approximate surface area is 159 Å². The Morgan fingerprint density at radius 1 is 1.26 bits per heavy atom. The molecule has 0 bridgehead atoms. The molecule has 1 aliphatic rings. The second-order valence-corrected chi connectivity index (χ2v) is 6.97. The number of rotatable bonds is 5. The Morgan fingerprint density at radius 3 is 2.96 bits per heavy atom. The lowest BCUT2D eigenvalue weighted by atomic mass is 10.0. The van der Waals surface area contributed by atoms with E-state index in [-0.39, 0.29) is 23.5 Å². The van der Waals surface area contributed by atoms with Crippen molar-refractivity contribution in [2.45, 2.75) is 17.6 Å². The quantitative estimate of drug-likeness (QED) is 0.660. The molecular weight excluding hydrogens is 367 g/mol. The number of benzene rings is 2. The van der Waals surface area contributed by atoms with Crippen molar-refractivity contribution in [3.63, 3.8) is 0 Å². The Bertz CT molecular complexity index is 962. The number of halogens is 1. The number of hydrogen-bond acceptors (Lipinski definition) is 5. The van der Waals surface area contributed by atoms with Gasteiger partial charge in [0.1, 0.15) is 11.6 Å². The first-order valence-corrected chi connectivity index (χ1v) is 9.50. The van der Waals surface area contributed by atoms with Crippen LogP contribution < -0.4 is 10.1 Å². The number of nitrogens with one attached hydrogen (secondary N) is 2. The minimum Gasteiger partial charge on any atom is -0.493 e. The molecule has 1 amide bonds. The highest BCUT2D eigenvalue weighted by Crippen LogP contribution is 2.31. The lowest BCUT2D eigenvalue weighted by Gasteiger charge is -2.26. The fraction of sp³-hybridized carbons (Fsp3) is 0.211. The van der Waals surface area contributed by atoms with Gasteiger partial charge in [-0.1, -0.05) is 42.1 Å². The third-order valence-corrected chi connectivity index (χ3v) is 5.07. The number of amides is 1. The SMILES string of the molecule is O=C(CSc1n[nH]c(-c2ccccc2F)n1)NC1CCOc2ccccc21. The smallest absolute Gasteiger partial charge is 0.230 e. The number of H-pyrrole nitrogens is 1. The molecule has 1 atom stereocenters. The van der Waals surface area contributed by atoms with Gasteiger partial charge in [-0.2, -0.15) is 0 Å². The van der Waals surface area contributed by atoms with Gasteiger partial charge in [-0.3, -0.25) is 9.89 Å². The van der Waals surface area contributed by atoms with Crippen molar-refractivity contribution in [2.75, 3.05) is 12.4 Å². The third kappa shape index (κ3) is 3.95. The summed E-state index contributed by atoms with van der Waals surface area (Å²) in [4.78, 5) is 16.6. The maximum atomic E-state index is 13.8. The molecule has 0 radical (unpaired) electrons. The Balaban J connectivity index is 1.36. The average molecular weight is 384 g/mol. The van der Waals surface area contributed by atoms with Crippen molar-refractivity contribution >= 4 is 17.7 Å². The molecule has 1 aromatic heterocycles. The third-order valence-electron chi connectivity index (χ3n) is 4.22. The molecule has 2 heterocycles. The zero-order chi connectivity index (χ0) is 18.6. The standard InChI is InChI=1S/C19H17FN4O2S/c20-14-7-3-1-5-12(14)18-22-19(24-23-18)27-11-17(25)21-15-9-10-26-16-8-4-2-6-13(15)16/h1-8,15H,9-11H2,(H,21,25)(H,22,23,24). The van der Waals surface area contributed by atoms with Crippen molar-refractivity contribution in [1.29, 1.82) is 0 Å². The number of aromatic amines is 1. The van der Waals surface area contributed by atoms with Gasteiger partial charge in [0.2, 0.25) is 11.1 Å². The van der Waals surface area contributed by atoms with Crippen LogP contribution in [0.5, 0.6) is 5.75 Å². The van der Waals surface area contributed by atoms with Crippen molar-refractivity contribution in [3.8, 4) is 17.1 Å². The maximum Gasteiger partial charge on any atom is 0.230 e. The summed E-state index contributed by atoms with van der Waals surface area (Å²) in [5.41, 5.74) is 1.34. The number of thioether (sulfide) groups is 1. The zero-order valence-electron chi connectivity index (χ0n) is 14.3. The first-order chi connectivity index (χ1) is 13.2. The molecule has 0 aliphatic carbocycles. The predicted molar refractivity (Wildman–Crippen MR) is 99.9 cm³/mol. The van der Waals surface area contributed by atoms with Crippen LogP contribution in [0.1, 0.15) is 18.0 Å². The first-order valence-electron chi connectivity index (χ1n) is 8.52. The molecule has 4 rings (SSSR count). The van der Waals surface area contributed by atoms with E-state index in [0.29, 0.717) is 23.2 Å². The first kappa shape index (κ1) is 17.5. The lowest BCUT2D eigenvalue weighted by molar-refractivity contribution is -0.119. The second kappa shape index (κ2) is 7.79. The van der Waals surface area contributed by atoms with E-state index in [9.17, 15) is 9.18 Å². The zero-order valence-corrected chi connectivity index (χ0v) is 15.1. The Kier molecular flexibility index (Phi) is 5.06. The van der Waals surface area contributed by atoms with Gasteiger partial charge in [-0.05, 0) is 18.2 Å². The van der Waals surface area contributed by atoms with Gasteiger partial charge in [0.05, 0.1) is 24.0 Å². The predicted octanol–water partition coefficient (Wildman–Crippen LogP) is 3.34. The van der Waals surface area contributed by atoms with E-state index in [4.69, 9.17) is 4.74 Å². The van der Waals surface area contributed by atoms with Crippen LogP contribution in [0.2, 0.25) is 0 Å². The molecule has 6 nitrogen and oxygen atoms in total. The molecule has 138 valence electrons. The van der Waals surface area contributed by atoms with Gasteiger partial charge in [0.25, 0.3) is 0 Å². The van der Waals surface area contributed by atoms with E-state index in [1.165, 1.54) is 17.8 Å². The highest BCUT2D eigenvalue weighted by atomic mass is 32.2. The van der Waals surface area contributed by atoms with E-state index >= 15 is 0 Å². The van der Waals surface area contributed by atoms with Crippen LogP contribution in [0.25, 0.3) is 11.4 Å². The fourth-order valence-electron chi connectivity index (χ4n) is 2.94.